The van der Waals surface area contributed by atoms with E-state index in [1.54, 1.807) is 17.5 Å². The Balaban J connectivity index is 1.43. The number of nitrogens with zero attached hydrogens (tertiary/aromatic N) is 3. The van der Waals surface area contributed by atoms with Crippen LogP contribution in [0, 0.1) is 0 Å². The number of carbonyl (C=O) groups is 1. The standard InChI is InChI=1S/C20H22N4OS/c1-14(20-23-16-9-5-6-10-17(16)26-20)22-18(25)13-24-12-11-21-19(24)15-7-3-2-4-8-15/h2-4,7-8,11-12,14H,5-6,9-10,13H2,1H3,(H,22,25). The van der Waals surface area contributed by atoms with Gasteiger partial charge in [-0.25, -0.2) is 9.97 Å². The zero-order chi connectivity index (χ0) is 17.9. The molecule has 0 spiro atoms. The summed E-state index contributed by atoms with van der Waals surface area (Å²) in [6.07, 6.45) is 8.24. The predicted octanol–water partition coefficient (Wildman–Crippen LogP) is 3.76. The minimum Gasteiger partial charge on any atom is -0.346 e. The van der Waals surface area contributed by atoms with Crippen LogP contribution >= 0.6 is 11.3 Å². The summed E-state index contributed by atoms with van der Waals surface area (Å²) >= 11 is 1.75. The first-order valence-electron chi connectivity index (χ1n) is 9.05. The molecule has 5 nitrogen and oxygen atoms in total. The first kappa shape index (κ1) is 17.0. The maximum absolute atomic E-state index is 12.5. The van der Waals surface area contributed by atoms with Crippen molar-refractivity contribution in [1.82, 2.24) is 19.9 Å². The van der Waals surface area contributed by atoms with Gasteiger partial charge in [0.1, 0.15) is 17.4 Å². The van der Waals surface area contributed by atoms with Crippen molar-refractivity contribution in [2.45, 2.75) is 45.2 Å². The number of aryl methyl sites for hydroxylation is 2. The fourth-order valence-corrected chi connectivity index (χ4v) is 4.50. The van der Waals surface area contributed by atoms with Crippen LogP contribution in [-0.2, 0) is 24.2 Å². The summed E-state index contributed by atoms with van der Waals surface area (Å²) in [4.78, 5) is 23.1. The number of aromatic nitrogens is 3. The van der Waals surface area contributed by atoms with Crippen LogP contribution in [0.5, 0.6) is 0 Å². The number of carbonyl (C=O) groups excluding carboxylic acids is 1. The number of hydrogen-bond acceptors (Lipinski definition) is 4. The summed E-state index contributed by atoms with van der Waals surface area (Å²) in [5.41, 5.74) is 2.24. The van der Waals surface area contributed by atoms with Gasteiger partial charge in [-0.3, -0.25) is 4.79 Å². The molecule has 0 fully saturated rings. The Morgan fingerprint density at radius 3 is 2.88 bits per heavy atom. The van der Waals surface area contributed by atoms with Crippen LogP contribution in [0.15, 0.2) is 42.7 Å². The van der Waals surface area contributed by atoms with Gasteiger partial charge in [-0.1, -0.05) is 30.3 Å². The molecule has 1 unspecified atom stereocenters. The molecule has 134 valence electrons. The number of benzene rings is 1. The molecular formula is C20H22N4OS. The van der Waals surface area contributed by atoms with Crippen molar-refractivity contribution in [3.05, 3.63) is 58.3 Å². The zero-order valence-electron chi connectivity index (χ0n) is 14.8. The fourth-order valence-electron chi connectivity index (χ4n) is 3.35. The van der Waals surface area contributed by atoms with E-state index in [1.165, 1.54) is 23.4 Å². The molecule has 0 bridgehead atoms. The molecule has 0 saturated carbocycles. The van der Waals surface area contributed by atoms with Crippen LogP contribution in [0.1, 0.15) is 41.4 Å². The monoisotopic (exact) mass is 366 g/mol. The second-order valence-corrected chi connectivity index (χ2v) is 7.78. The Morgan fingerprint density at radius 2 is 2.08 bits per heavy atom. The number of amides is 1. The van der Waals surface area contributed by atoms with Crippen LogP contribution in [0.4, 0.5) is 0 Å². The molecule has 1 aliphatic carbocycles. The molecule has 0 radical (unpaired) electrons. The van der Waals surface area contributed by atoms with Crippen molar-refractivity contribution >= 4 is 17.2 Å². The summed E-state index contributed by atoms with van der Waals surface area (Å²) in [5.74, 6) is 0.777. The zero-order valence-corrected chi connectivity index (χ0v) is 15.6. The van der Waals surface area contributed by atoms with Gasteiger partial charge >= 0.3 is 0 Å². The molecule has 6 heteroatoms. The largest absolute Gasteiger partial charge is 0.346 e. The van der Waals surface area contributed by atoms with E-state index in [0.29, 0.717) is 0 Å². The summed E-state index contributed by atoms with van der Waals surface area (Å²) in [6.45, 7) is 2.26. The first-order chi connectivity index (χ1) is 12.7. The van der Waals surface area contributed by atoms with Crippen LogP contribution in [0.25, 0.3) is 11.4 Å². The Kier molecular flexibility index (Phi) is 4.84. The number of rotatable bonds is 5. The highest BCUT2D eigenvalue weighted by atomic mass is 32.1. The quantitative estimate of drug-likeness (QED) is 0.748. The van der Waals surface area contributed by atoms with Crippen molar-refractivity contribution in [3.63, 3.8) is 0 Å². The second kappa shape index (κ2) is 7.41. The number of nitrogens with one attached hydrogen (secondary N) is 1. The number of thiazole rings is 1. The van der Waals surface area contributed by atoms with Crippen molar-refractivity contribution in [1.29, 1.82) is 0 Å². The minimum absolute atomic E-state index is 0.0270. The molecule has 1 amide bonds. The van der Waals surface area contributed by atoms with E-state index in [-0.39, 0.29) is 18.5 Å². The molecule has 2 aromatic heterocycles. The Bertz CT molecular complexity index is 876. The van der Waals surface area contributed by atoms with Gasteiger partial charge in [-0.2, -0.15) is 0 Å². The normalized spacial score (nSPS) is 14.7. The van der Waals surface area contributed by atoms with Crippen molar-refractivity contribution < 1.29 is 4.79 Å². The molecule has 1 aliphatic rings. The maximum Gasteiger partial charge on any atom is 0.240 e. The summed E-state index contributed by atoms with van der Waals surface area (Å²) in [5, 5.41) is 4.10. The Morgan fingerprint density at radius 1 is 1.27 bits per heavy atom. The van der Waals surface area contributed by atoms with Gasteiger partial charge in [0, 0.05) is 22.8 Å². The second-order valence-electron chi connectivity index (χ2n) is 6.66. The van der Waals surface area contributed by atoms with E-state index >= 15 is 0 Å². The molecular weight excluding hydrogens is 344 g/mol. The third kappa shape index (κ3) is 3.55. The van der Waals surface area contributed by atoms with E-state index in [0.717, 1.165) is 29.2 Å². The van der Waals surface area contributed by atoms with Crippen LogP contribution in [0.3, 0.4) is 0 Å². The first-order valence-corrected chi connectivity index (χ1v) is 9.87. The third-order valence-corrected chi connectivity index (χ3v) is 6.01. The highest BCUT2D eigenvalue weighted by Gasteiger charge is 2.20. The van der Waals surface area contributed by atoms with Crippen molar-refractivity contribution in [2.75, 3.05) is 0 Å². The third-order valence-electron chi connectivity index (χ3n) is 4.67. The van der Waals surface area contributed by atoms with Gasteiger partial charge in [0.25, 0.3) is 0 Å². The smallest absolute Gasteiger partial charge is 0.240 e. The van der Waals surface area contributed by atoms with Crippen LogP contribution < -0.4 is 5.32 Å². The van der Waals surface area contributed by atoms with Crippen LogP contribution in [0.2, 0.25) is 0 Å². The molecule has 0 saturated heterocycles. The van der Waals surface area contributed by atoms with E-state index in [2.05, 4.69) is 10.3 Å². The summed E-state index contributed by atoms with van der Waals surface area (Å²) < 4.78 is 1.88. The van der Waals surface area contributed by atoms with E-state index in [9.17, 15) is 4.79 Å². The van der Waals surface area contributed by atoms with E-state index in [1.807, 2.05) is 48.0 Å². The van der Waals surface area contributed by atoms with Gasteiger partial charge in [0.2, 0.25) is 5.91 Å². The highest BCUT2D eigenvalue weighted by Crippen LogP contribution is 2.29. The van der Waals surface area contributed by atoms with Gasteiger partial charge in [-0.15, -0.1) is 11.3 Å². The SMILES string of the molecule is CC(NC(=O)Cn1ccnc1-c1ccccc1)c1nc2c(s1)CCCC2. The lowest BCUT2D eigenvalue weighted by Gasteiger charge is -2.13. The molecule has 3 aromatic rings. The number of hydrogen-bond donors (Lipinski definition) is 1. The lowest BCUT2D eigenvalue weighted by Crippen LogP contribution is -2.30. The van der Waals surface area contributed by atoms with Crippen molar-refractivity contribution in [3.8, 4) is 11.4 Å². The Labute approximate surface area is 157 Å². The number of fused-ring (bicyclic) bond motifs is 1. The maximum atomic E-state index is 12.5. The average Bonchev–Trinajstić information content (AvgIpc) is 3.29. The topological polar surface area (TPSA) is 59.8 Å². The van der Waals surface area contributed by atoms with Gasteiger partial charge < -0.3 is 9.88 Å². The summed E-state index contributed by atoms with van der Waals surface area (Å²) in [7, 11) is 0. The summed E-state index contributed by atoms with van der Waals surface area (Å²) in [6, 6.07) is 9.85. The van der Waals surface area contributed by atoms with Gasteiger partial charge in [-0.05, 0) is 32.6 Å². The predicted molar refractivity (Wildman–Crippen MR) is 103 cm³/mol. The molecule has 1 aromatic carbocycles. The Hall–Kier alpha value is -2.47. The molecule has 1 atom stereocenters. The fraction of sp³-hybridized carbons (Fsp3) is 0.350. The lowest BCUT2D eigenvalue weighted by molar-refractivity contribution is -0.122. The van der Waals surface area contributed by atoms with Crippen LogP contribution in [-0.4, -0.2) is 20.4 Å². The highest BCUT2D eigenvalue weighted by molar-refractivity contribution is 7.11. The van der Waals surface area contributed by atoms with Gasteiger partial charge in [0.15, 0.2) is 0 Å². The number of imidazole rings is 1. The molecule has 26 heavy (non-hydrogen) atoms. The van der Waals surface area contributed by atoms with E-state index < -0.39 is 0 Å². The molecule has 0 aliphatic heterocycles. The molecule has 1 N–H and O–H groups in total. The average molecular weight is 366 g/mol. The van der Waals surface area contributed by atoms with E-state index in [4.69, 9.17) is 4.98 Å². The lowest BCUT2D eigenvalue weighted by atomic mass is 10.0. The van der Waals surface area contributed by atoms with Crippen molar-refractivity contribution in [2.24, 2.45) is 0 Å². The van der Waals surface area contributed by atoms with Gasteiger partial charge in [0.05, 0.1) is 11.7 Å². The minimum atomic E-state index is -0.0678. The molecule has 2 heterocycles. The molecule has 4 rings (SSSR count).